The first-order valence-electron chi connectivity index (χ1n) is 10.7. The highest BCUT2D eigenvalue weighted by Gasteiger charge is 2.13. The van der Waals surface area contributed by atoms with Gasteiger partial charge in [0.1, 0.15) is 0 Å². The second-order valence-electron chi connectivity index (χ2n) is 7.84. The van der Waals surface area contributed by atoms with Gasteiger partial charge in [0, 0.05) is 40.2 Å². The number of nitrogens with zero attached hydrogens (tertiary/aromatic N) is 1. The second kappa shape index (κ2) is 9.15. The van der Waals surface area contributed by atoms with Crippen LogP contribution in [0.15, 0.2) is 91.4 Å². The summed E-state index contributed by atoms with van der Waals surface area (Å²) in [7, 11) is 0. The van der Waals surface area contributed by atoms with Gasteiger partial charge in [0.15, 0.2) is 11.6 Å². The van der Waals surface area contributed by atoms with Crippen molar-refractivity contribution in [1.29, 1.82) is 0 Å². The van der Waals surface area contributed by atoms with Crippen LogP contribution in [0, 0.1) is 11.6 Å². The maximum Gasteiger partial charge on any atom is 0.228 e. The Morgan fingerprint density at radius 3 is 2.62 bits per heavy atom. The van der Waals surface area contributed by atoms with Crippen LogP contribution in [0.5, 0.6) is 0 Å². The van der Waals surface area contributed by atoms with E-state index >= 15 is 0 Å². The van der Waals surface area contributed by atoms with E-state index in [1.54, 1.807) is 36.7 Å². The molecule has 0 atom stereocenters. The number of anilines is 3. The number of hydrogen-bond donors (Lipinski definition) is 3. The zero-order chi connectivity index (χ0) is 23.5. The molecular weight excluding hydrogens is 434 g/mol. The van der Waals surface area contributed by atoms with Crippen molar-refractivity contribution in [3.63, 3.8) is 0 Å². The summed E-state index contributed by atoms with van der Waals surface area (Å²) in [5.74, 6) is -2.05. The number of carbonyl (C=O) groups is 1. The molecule has 0 unspecified atom stereocenters. The van der Waals surface area contributed by atoms with Gasteiger partial charge in [0.05, 0.1) is 18.3 Å². The number of aromatic nitrogens is 2. The van der Waals surface area contributed by atoms with E-state index < -0.39 is 11.6 Å². The number of nitrogens with one attached hydrogen (secondary N) is 3. The molecule has 0 aliphatic heterocycles. The number of benzene rings is 3. The number of para-hydroxylation sites is 1. The Morgan fingerprint density at radius 1 is 0.912 bits per heavy atom. The summed E-state index contributed by atoms with van der Waals surface area (Å²) >= 11 is 0. The molecule has 1 amide bonds. The van der Waals surface area contributed by atoms with Crippen LogP contribution in [-0.4, -0.2) is 15.9 Å². The van der Waals surface area contributed by atoms with E-state index in [9.17, 15) is 13.6 Å². The Balaban J connectivity index is 1.44. The molecule has 2 aromatic heterocycles. The first-order valence-corrected chi connectivity index (χ1v) is 10.7. The molecule has 0 saturated heterocycles. The highest BCUT2D eigenvalue weighted by atomic mass is 19.2. The number of pyridine rings is 1. The van der Waals surface area contributed by atoms with Gasteiger partial charge >= 0.3 is 0 Å². The molecule has 168 valence electrons. The summed E-state index contributed by atoms with van der Waals surface area (Å²) in [6.45, 7) is 0. The topological polar surface area (TPSA) is 69.8 Å². The van der Waals surface area contributed by atoms with Gasteiger partial charge in [0.25, 0.3) is 0 Å². The third-order valence-corrected chi connectivity index (χ3v) is 5.50. The number of hydrogen-bond acceptors (Lipinski definition) is 3. The Kier molecular flexibility index (Phi) is 5.74. The number of halogens is 2. The molecular formula is C27H20F2N4O. The van der Waals surface area contributed by atoms with E-state index in [2.05, 4.69) is 20.6 Å². The number of rotatable bonds is 6. The van der Waals surface area contributed by atoms with Crippen LogP contribution in [0.4, 0.5) is 25.8 Å². The van der Waals surface area contributed by atoms with Crippen LogP contribution in [-0.2, 0) is 11.2 Å². The Hall–Kier alpha value is -4.52. The van der Waals surface area contributed by atoms with Crippen LogP contribution in [0.3, 0.4) is 0 Å². The fourth-order valence-electron chi connectivity index (χ4n) is 3.88. The molecule has 0 spiro atoms. The zero-order valence-electron chi connectivity index (χ0n) is 18.0. The zero-order valence-corrected chi connectivity index (χ0v) is 18.0. The Bertz CT molecular complexity index is 1480. The van der Waals surface area contributed by atoms with Crippen LogP contribution in [0.25, 0.3) is 22.0 Å². The lowest BCUT2D eigenvalue weighted by Gasteiger charge is -2.15. The minimum atomic E-state index is -0.946. The second-order valence-corrected chi connectivity index (χ2v) is 7.84. The first-order chi connectivity index (χ1) is 16.6. The Labute approximate surface area is 194 Å². The van der Waals surface area contributed by atoms with E-state index in [1.165, 1.54) is 6.07 Å². The van der Waals surface area contributed by atoms with Crippen molar-refractivity contribution >= 4 is 33.9 Å². The smallest absolute Gasteiger partial charge is 0.228 e. The van der Waals surface area contributed by atoms with Gasteiger partial charge in [-0.15, -0.1) is 0 Å². The van der Waals surface area contributed by atoms with Crippen molar-refractivity contribution in [3.8, 4) is 11.1 Å². The fourth-order valence-corrected chi connectivity index (χ4v) is 3.88. The molecule has 2 heterocycles. The lowest BCUT2D eigenvalue weighted by atomic mass is 10.0. The summed E-state index contributed by atoms with van der Waals surface area (Å²) in [5, 5.41) is 7.15. The van der Waals surface area contributed by atoms with E-state index in [4.69, 9.17) is 0 Å². The SMILES string of the molecule is O=C(Cc1c[nH]c2ccccc12)Nc1ccc(Nc2cccnc2)c(-c2ccc(F)c(F)c2)c1. The first kappa shape index (κ1) is 21.3. The van der Waals surface area contributed by atoms with Gasteiger partial charge in [-0.3, -0.25) is 9.78 Å². The van der Waals surface area contributed by atoms with Gasteiger partial charge in [-0.25, -0.2) is 8.78 Å². The lowest BCUT2D eigenvalue weighted by molar-refractivity contribution is -0.115. The van der Waals surface area contributed by atoms with Crippen LogP contribution < -0.4 is 10.6 Å². The molecule has 0 fully saturated rings. The predicted molar refractivity (Wildman–Crippen MR) is 130 cm³/mol. The molecule has 0 radical (unpaired) electrons. The van der Waals surface area contributed by atoms with E-state index in [0.29, 0.717) is 22.5 Å². The molecule has 0 saturated carbocycles. The third kappa shape index (κ3) is 4.49. The van der Waals surface area contributed by atoms with Crippen LogP contribution >= 0.6 is 0 Å². The summed E-state index contributed by atoms with van der Waals surface area (Å²) in [6.07, 6.45) is 5.35. The monoisotopic (exact) mass is 454 g/mol. The maximum atomic E-state index is 14.0. The van der Waals surface area contributed by atoms with Crippen molar-refractivity contribution < 1.29 is 13.6 Å². The highest BCUT2D eigenvalue weighted by molar-refractivity contribution is 5.97. The highest BCUT2D eigenvalue weighted by Crippen LogP contribution is 2.34. The quantitative estimate of drug-likeness (QED) is 0.277. The number of fused-ring (bicyclic) bond motifs is 1. The lowest BCUT2D eigenvalue weighted by Crippen LogP contribution is -2.14. The van der Waals surface area contributed by atoms with Crippen molar-refractivity contribution in [3.05, 3.63) is 109 Å². The number of amides is 1. The molecule has 3 N–H and O–H groups in total. The molecule has 7 heteroatoms. The maximum absolute atomic E-state index is 14.0. The number of H-pyrrole nitrogens is 1. The average molecular weight is 454 g/mol. The fraction of sp³-hybridized carbons (Fsp3) is 0.0370. The summed E-state index contributed by atoms with van der Waals surface area (Å²) < 4.78 is 27.5. The van der Waals surface area contributed by atoms with Gasteiger partial charge in [-0.2, -0.15) is 0 Å². The number of carbonyl (C=O) groups excluding carboxylic acids is 1. The molecule has 3 aromatic carbocycles. The van der Waals surface area contributed by atoms with Crippen molar-refractivity contribution in [1.82, 2.24) is 9.97 Å². The van der Waals surface area contributed by atoms with Gasteiger partial charge < -0.3 is 15.6 Å². The summed E-state index contributed by atoms with van der Waals surface area (Å²) in [5.41, 5.74) is 4.88. The molecule has 5 aromatic rings. The molecule has 0 bridgehead atoms. The van der Waals surface area contributed by atoms with Gasteiger partial charge in [-0.05, 0) is 59.7 Å². The molecule has 5 rings (SSSR count). The molecule has 0 aliphatic rings. The predicted octanol–water partition coefficient (Wildman–Crippen LogP) is 6.43. The van der Waals surface area contributed by atoms with E-state index in [0.717, 1.165) is 34.3 Å². The standard InChI is InChI=1S/C27H20F2N4O/c28-23-9-7-17(12-24(23)29)22-14-19(8-10-26(22)32-20-4-3-11-30-16-20)33-27(34)13-18-15-31-25-6-2-1-5-21(18)25/h1-12,14-16,31-32H,13H2,(H,33,34). The minimum Gasteiger partial charge on any atom is -0.361 e. The largest absolute Gasteiger partial charge is 0.361 e. The average Bonchev–Trinajstić information content (AvgIpc) is 3.25. The molecule has 5 nitrogen and oxygen atoms in total. The summed E-state index contributed by atoms with van der Waals surface area (Å²) in [6, 6.07) is 20.4. The van der Waals surface area contributed by atoms with Crippen molar-refractivity contribution in [2.24, 2.45) is 0 Å². The van der Waals surface area contributed by atoms with Crippen molar-refractivity contribution in [2.75, 3.05) is 10.6 Å². The summed E-state index contributed by atoms with van der Waals surface area (Å²) in [4.78, 5) is 20.0. The van der Waals surface area contributed by atoms with E-state index in [-0.39, 0.29) is 12.3 Å². The van der Waals surface area contributed by atoms with Crippen molar-refractivity contribution in [2.45, 2.75) is 6.42 Å². The minimum absolute atomic E-state index is 0.186. The normalized spacial score (nSPS) is 10.9. The number of aromatic amines is 1. The van der Waals surface area contributed by atoms with Gasteiger partial charge in [0.2, 0.25) is 5.91 Å². The third-order valence-electron chi connectivity index (χ3n) is 5.50. The van der Waals surface area contributed by atoms with Gasteiger partial charge in [-0.1, -0.05) is 24.3 Å². The van der Waals surface area contributed by atoms with E-state index in [1.807, 2.05) is 36.5 Å². The molecule has 0 aliphatic carbocycles. The Morgan fingerprint density at radius 2 is 1.79 bits per heavy atom. The molecule has 34 heavy (non-hydrogen) atoms. The van der Waals surface area contributed by atoms with Crippen LogP contribution in [0.1, 0.15) is 5.56 Å². The van der Waals surface area contributed by atoms with Crippen LogP contribution in [0.2, 0.25) is 0 Å².